The van der Waals surface area contributed by atoms with Crippen molar-refractivity contribution >= 4 is 17.5 Å². The number of nitrogens with one attached hydrogen (secondary N) is 3. The van der Waals surface area contributed by atoms with Gasteiger partial charge in [-0.2, -0.15) is 0 Å². The van der Waals surface area contributed by atoms with Gasteiger partial charge in [-0.25, -0.2) is 0 Å². The molecule has 1 saturated heterocycles. The molecule has 20 heavy (non-hydrogen) atoms. The Hall–Kier alpha value is -1.88. The molecule has 0 radical (unpaired) electrons. The molecule has 3 rings (SSSR count). The van der Waals surface area contributed by atoms with Crippen molar-refractivity contribution in [3.05, 3.63) is 29.8 Å². The van der Waals surface area contributed by atoms with E-state index in [0.29, 0.717) is 6.42 Å². The van der Waals surface area contributed by atoms with Crippen molar-refractivity contribution in [1.29, 1.82) is 0 Å². The Bertz CT molecular complexity index is 540. The standard InChI is InChI=1S/C15H19N3O2/c1-9-7-13(19)18-14(16-9)11-3-2-4-12(8-11)17-15(20)10-5-6-10/h2-4,8-10,14,16H,5-7H2,1H3,(H,17,20)(H,18,19). The molecule has 106 valence electrons. The number of rotatable bonds is 3. The van der Waals surface area contributed by atoms with Crippen molar-refractivity contribution in [2.75, 3.05) is 5.32 Å². The molecule has 1 aliphatic heterocycles. The van der Waals surface area contributed by atoms with Crippen LogP contribution in [0.4, 0.5) is 5.69 Å². The van der Waals surface area contributed by atoms with Crippen LogP contribution in [0.25, 0.3) is 0 Å². The highest BCUT2D eigenvalue weighted by Gasteiger charge is 2.30. The Morgan fingerprint density at radius 2 is 2.15 bits per heavy atom. The maximum absolute atomic E-state index is 11.8. The number of carbonyl (C=O) groups excluding carboxylic acids is 2. The first-order valence-corrected chi connectivity index (χ1v) is 7.08. The molecule has 1 aromatic rings. The third kappa shape index (κ3) is 2.99. The van der Waals surface area contributed by atoms with E-state index in [1.807, 2.05) is 31.2 Å². The monoisotopic (exact) mass is 273 g/mol. The van der Waals surface area contributed by atoms with Gasteiger partial charge in [0.25, 0.3) is 0 Å². The van der Waals surface area contributed by atoms with Gasteiger partial charge < -0.3 is 10.6 Å². The van der Waals surface area contributed by atoms with E-state index in [4.69, 9.17) is 0 Å². The van der Waals surface area contributed by atoms with Crippen LogP contribution in [0, 0.1) is 5.92 Å². The second-order valence-corrected chi connectivity index (χ2v) is 5.66. The molecule has 0 spiro atoms. The summed E-state index contributed by atoms with van der Waals surface area (Å²) in [6, 6.07) is 7.78. The third-order valence-electron chi connectivity index (χ3n) is 3.68. The quantitative estimate of drug-likeness (QED) is 0.782. The lowest BCUT2D eigenvalue weighted by atomic mass is 10.1. The maximum atomic E-state index is 11.8. The summed E-state index contributed by atoms with van der Waals surface area (Å²) >= 11 is 0. The van der Waals surface area contributed by atoms with E-state index in [9.17, 15) is 9.59 Å². The number of benzene rings is 1. The second-order valence-electron chi connectivity index (χ2n) is 5.66. The molecule has 3 N–H and O–H groups in total. The van der Waals surface area contributed by atoms with Crippen molar-refractivity contribution in [3.8, 4) is 0 Å². The zero-order valence-corrected chi connectivity index (χ0v) is 11.5. The van der Waals surface area contributed by atoms with E-state index in [2.05, 4.69) is 16.0 Å². The maximum Gasteiger partial charge on any atom is 0.227 e. The van der Waals surface area contributed by atoms with E-state index >= 15 is 0 Å². The Morgan fingerprint density at radius 1 is 1.35 bits per heavy atom. The molecule has 2 unspecified atom stereocenters. The highest BCUT2D eigenvalue weighted by molar-refractivity contribution is 5.94. The van der Waals surface area contributed by atoms with Crippen LogP contribution in [-0.2, 0) is 9.59 Å². The predicted octanol–water partition coefficient (Wildman–Crippen LogP) is 1.53. The lowest BCUT2D eigenvalue weighted by Crippen LogP contribution is -2.49. The largest absolute Gasteiger partial charge is 0.337 e. The van der Waals surface area contributed by atoms with Gasteiger partial charge in [-0.05, 0) is 37.5 Å². The summed E-state index contributed by atoms with van der Waals surface area (Å²) in [6.07, 6.45) is 2.28. The molecule has 5 nitrogen and oxygen atoms in total. The Balaban J connectivity index is 1.72. The summed E-state index contributed by atoms with van der Waals surface area (Å²) < 4.78 is 0. The molecule has 0 bridgehead atoms. The molecule has 1 heterocycles. The smallest absolute Gasteiger partial charge is 0.227 e. The second kappa shape index (κ2) is 5.25. The fourth-order valence-electron chi connectivity index (χ4n) is 2.45. The van der Waals surface area contributed by atoms with Crippen molar-refractivity contribution in [3.63, 3.8) is 0 Å². The van der Waals surface area contributed by atoms with Gasteiger partial charge in [0.2, 0.25) is 11.8 Å². The molecule has 1 aromatic carbocycles. The van der Waals surface area contributed by atoms with Gasteiger partial charge in [-0.1, -0.05) is 12.1 Å². The van der Waals surface area contributed by atoms with E-state index in [0.717, 1.165) is 24.1 Å². The average Bonchev–Trinajstić information content (AvgIpc) is 3.22. The summed E-state index contributed by atoms with van der Waals surface area (Å²) in [4.78, 5) is 23.4. The Labute approximate surface area is 118 Å². The molecule has 2 amide bonds. The minimum Gasteiger partial charge on any atom is -0.337 e. The molecule has 1 aliphatic carbocycles. The highest BCUT2D eigenvalue weighted by atomic mass is 16.2. The minimum atomic E-state index is -0.191. The van der Waals surface area contributed by atoms with Crippen molar-refractivity contribution in [2.45, 2.75) is 38.4 Å². The zero-order chi connectivity index (χ0) is 14.1. The number of carbonyl (C=O) groups is 2. The van der Waals surface area contributed by atoms with E-state index in [1.165, 1.54) is 0 Å². The number of hydrogen-bond donors (Lipinski definition) is 3. The third-order valence-corrected chi connectivity index (χ3v) is 3.68. The van der Waals surface area contributed by atoms with Crippen LogP contribution >= 0.6 is 0 Å². The molecule has 0 aromatic heterocycles. The Morgan fingerprint density at radius 3 is 2.85 bits per heavy atom. The van der Waals surface area contributed by atoms with Crippen molar-refractivity contribution in [1.82, 2.24) is 10.6 Å². The zero-order valence-electron chi connectivity index (χ0n) is 11.5. The van der Waals surface area contributed by atoms with Crippen LogP contribution in [0.1, 0.15) is 37.9 Å². The molecular weight excluding hydrogens is 254 g/mol. The first kappa shape index (κ1) is 13.1. The van der Waals surface area contributed by atoms with Crippen LogP contribution in [0.15, 0.2) is 24.3 Å². The van der Waals surface area contributed by atoms with Gasteiger partial charge in [-0.15, -0.1) is 0 Å². The molecule has 2 fully saturated rings. The van der Waals surface area contributed by atoms with Gasteiger partial charge in [0.15, 0.2) is 0 Å². The van der Waals surface area contributed by atoms with Gasteiger partial charge in [0.1, 0.15) is 6.17 Å². The van der Waals surface area contributed by atoms with Gasteiger partial charge in [0, 0.05) is 24.1 Å². The van der Waals surface area contributed by atoms with Crippen LogP contribution < -0.4 is 16.0 Å². The first-order valence-electron chi connectivity index (χ1n) is 7.08. The number of amides is 2. The average molecular weight is 273 g/mol. The SMILES string of the molecule is CC1CC(=O)NC(c2cccc(NC(=O)C3CC3)c2)N1. The van der Waals surface area contributed by atoms with Crippen LogP contribution in [-0.4, -0.2) is 17.9 Å². The highest BCUT2D eigenvalue weighted by Crippen LogP contribution is 2.30. The van der Waals surface area contributed by atoms with E-state index in [-0.39, 0.29) is 29.9 Å². The van der Waals surface area contributed by atoms with Crippen LogP contribution in [0.3, 0.4) is 0 Å². The fourth-order valence-corrected chi connectivity index (χ4v) is 2.45. The van der Waals surface area contributed by atoms with E-state index in [1.54, 1.807) is 0 Å². The lowest BCUT2D eigenvalue weighted by Gasteiger charge is -2.30. The summed E-state index contributed by atoms with van der Waals surface area (Å²) in [5, 5.41) is 9.18. The molecular formula is C15H19N3O2. The summed E-state index contributed by atoms with van der Waals surface area (Å²) in [6.45, 7) is 1.99. The Kier molecular flexibility index (Phi) is 3.44. The van der Waals surface area contributed by atoms with Crippen molar-refractivity contribution < 1.29 is 9.59 Å². The number of hydrogen-bond acceptors (Lipinski definition) is 3. The first-order chi connectivity index (χ1) is 9.61. The molecule has 2 aliphatic rings. The van der Waals surface area contributed by atoms with Gasteiger partial charge in [0.05, 0.1) is 0 Å². The van der Waals surface area contributed by atoms with Gasteiger partial charge in [-0.3, -0.25) is 14.9 Å². The minimum absolute atomic E-state index is 0.0497. The predicted molar refractivity (Wildman–Crippen MR) is 75.9 cm³/mol. The summed E-state index contributed by atoms with van der Waals surface area (Å²) in [7, 11) is 0. The molecule has 5 heteroatoms. The molecule has 2 atom stereocenters. The normalized spacial score (nSPS) is 25.9. The van der Waals surface area contributed by atoms with Gasteiger partial charge >= 0.3 is 0 Å². The number of anilines is 1. The lowest BCUT2D eigenvalue weighted by molar-refractivity contribution is -0.124. The molecule has 1 saturated carbocycles. The van der Waals surface area contributed by atoms with Crippen LogP contribution in [0.2, 0.25) is 0 Å². The fraction of sp³-hybridized carbons (Fsp3) is 0.467. The van der Waals surface area contributed by atoms with E-state index < -0.39 is 0 Å². The topological polar surface area (TPSA) is 70.2 Å². The summed E-state index contributed by atoms with van der Waals surface area (Å²) in [5.41, 5.74) is 1.74. The van der Waals surface area contributed by atoms with Crippen LogP contribution in [0.5, 0.6) is 0 Å². The van der Waals surface area contributed by atoms with Crippen molar-refractivity contribution in [2.24, 2.45) is 5.92 Å². The summed E-state index contributed by atoms with van der Waals surface area (Å²) in [5.74, 6) is 0.330.